The molecule has 0 spiro atoms. The van der Waals surface area contributed by atoms with Crippen molar-refractivity contribution in [2.45, 2.75) is 43.7 Å². The number of ether oxygens (including phenoxy) is 2. The summed E-state index contributed by atoms with van der Waals surface area (Å²) in [7, 11) is 7.08. The number of nitrogens with zero attached hydrogens (tertiary/aromatic N) is 7. The van der Waals surface area contributed by atoms with Crippen LogP contribution in [0.2, 0.25) is 0 Å². The van der Waals surface area contributed by atoms with Crippen LogP contribution in [0.25, 0.3) is 0 Å². The molecule has 0 radical (unpaired) electrons. The van der Waals surface area contributed by atoms with Crippen molar-refractivity contribution < 1.29 is 14.3 Å². The second-order valence-electron chi connectivity index (χ2n) is 8.20. The van der Waals surface area contributed by atoms with Crippen molar-refractivity contribution in [3.05, 3.63) is 23.5 Å². The maximum Gasteiger partial charge on any atom is 0.259 e. The number of aromatic nitrogens is 5. The Morgan fingerprint density at radius 1 is 1.20 bits per heavy atom. The number of likely N-dealkylation sites (tertiary alicyclic amines) is 1. The molecule has 2 aliphatic rings. The van der Waals surface area contributed by atoms with Crippen LogP contribution in [-0.2, 0) is 5.54 Å². The summed E-state index contributed by atoms with van der Waals surface area (Å²) in [5.41, 5.74) is -0.0160. The van der Waals surface area contributed by atoms with Gasteiger partial charge in [-0.3, -0.25) is 9.69 Å². The largest absolute Gasteiger partial charge is 0.481 e. The zero-order chi connectivity index (χ0) is 21.3. The molecule has 1 amide bonds. The van der Waals surface area contributed by atoms with Crippen LogP contribution >= 0.6 is 0 Å². The molecule has 1 atom stereocenters. The van der Waals surface area contributed by atoms with Gasteiger partial charge in [-0.25, -0.2) is 4.68 Å². The number of carbonyl (C=O) groups is 1. The molecule has 10 nitrogen and oxygen atoms in total. The summed E-state index contributed by atoms with van der Waals surface area (Å²) >= 11 is 0. The van der Waals surface area contributed by atoms with E-state index in [1.807, 2.05) is 23.7 Å². The second-order valence-corrected chi connectivity index (χ2v) is 8.20. The normalized spacial score (nSPS) is 22.1. The Hall–Kier alpha value is -2.75. The van der Waals surface area contributed by atoms with Gasteiger partial charge in [0.05, 0.1) is 20.3 Å². The van der Waals surface area contributed by atoms with Gasteiger partial charge in [0.15, 0.2) is 5.82 Å². The molecule has 1 aliphatic carbocycles. The summed E-state index contributed by atoms with van der Waals surface area (Å²) in [5, 5.41) is 12.8. The monoisotopic (exact) mass is 415 g/mol. The van der Waals surface area contributed by atoms with E-state index in [1.165, 1.54) is 27.1 Å². The van der Waals surface area contributed by atoms with E-state index in [4.69, 9.17) is 9.47 Å². The molecule has 30 heavy (non-hydrogen) atoms. The number of hydrogen-bond acceptors (Lipinski definition) is 8. The van der Waals surface area contributed by atoms with Crippen LogP contribution in [0.1, 0.15) is 54.3 Å². The SMILES string of the molecule is COc1ccc(C(=O)N2CCC(c3nnnn3C3CCCC3)(N(C)C)C2)c(OC)n1. The number of tetrazole rings is 1. The van der Waals surface area contributed by atoms with Crippen LogP contribution in [0.3, 0.4) is 0 Å². The van der Waals surface area contributed by atoms with Crippen molar-refractivity contribution >= 4 is 5.91 Å². The Labute approximate surface area is 176 Å². The Bertz CT molecular complexity index is 910. The van der Waals surface area contributed by atoms with Crippen molar-refractivity contribution in [2.24, 2.45) is 0 Å². The highest BCUT2D eigenvalue weighted by Gasteiger charge is 2.48. The Kier molecular flexibility index (Phi) is 5.59. The molecule has 2 aromatic rings. The van der Waals surface area contributed by atoms with Gasteiger partial charge >= 0.3 is 0 Å². The number of rotatable bonds is 6. The summed E-state index contributed by atoms with van der Waals surface area (Å²) in [4.78, 5) is 21.6. The molecular weight excluding hydrogens is 386 g/mol. The van der Waals surface area contributed by atoms with E-state index < -0.39 is 5.54 Å². The van der Waals surface area contributed by atoms with E-state index in [2.05, 4.69) is 25.4 Å². The number of pyridine rings is 1. The molecule has 2 aromatic heterocycles. The number of methoxy groups -OCH3 is 2. The van der Waals surface area contributed by atoms with Gasteiger partial charge in [0.25, 0.3) is 5.91 Å². The van der Waals surface area contributed by atoms with Crippen LogP contribution in [0.15, 0.2) is 12.1 Å². The predicted molar refractivity (Wildman–Crippen MR) is 109 cm³/mol. The number of carbonyl (C=O) groups excluding carboxylic acids is 1. The zero-order valence-electron chi connectivity index (χ0n) is 18.0. The molecule has 1 saturated heterocycles. The molecule has 0 bridgehead atoms. The lowest BCUT2D eigenvalue weighted by Crippen LogP contribution is -2.47. The van der Waals surface area contributed by atoms with Crippen molar-refractivity contribution in [1.29, 1.82) is 0 Å². The third-order valence-corrected chi connectivity index (χ3v) is 6.44. The molecular formula is C20H29N7O3. The predicted octanol–water partition coefficient (Wildman–Crippen LogP) is 1.50. The molecule has 3 heterocycles. The first-order valence-electron chi connectivity index (χ1n) is 10.3. The molecule has 2 fully saturated rings. The summed E-state index contributed by atoms with van der Waals surface area (Å²) in [6, 6.07) is 3.71. The van der Waals surface area contributed by atoms with E-state index in [0.29, 0.717) is 30.6 Å². The van der Waals surface area contributed by atoms with E-state index in [-0.39, 0.29) is 11.8 Å². The summed E-state index contributed by atoms with van der Waals surface area (Å²) < 4.78 is 12.5. The van der Waals surface area contributed by atoms with Gasteiger partial charge in [-0.1, -0.05) is 12.8 Å². The van der Waals surface area contributed by atoms with E-state index >= 15 is 0 Å². The first kappa shape index (κ1) is 20.5. The topological polar surface area (TPSA) is 98.5 Å². The average Bonchev–Trinajstić information content (AvgIpc) is 3.52. The third-order valence-electron chi connectivity index (χ3n) is 6.44. The Balaban J connectivity index is 1.63. The van der Waals surface area contributed by atoms with Crippen molar-refractivity contribution in [3.63, 3.8) is 0 Å². The highest BCUT2D eigenvalue weighted by atomic mass is 16.5. The number of hydrogen-bond donors (Lipinski definition) is 0. The van der Waals surface area contributed by atoms with E-state index in [1.54, 1.807) is 12.1 Å². The van der Waals surface area contributed by atoms with Gasteiger partial charge in [0.2, 0.25) is 11.8 Å². The first-order valence-corrected chi connectivity index (χ1v) is 10.3. The summed E-state index contributed by atoms with van der Waals surface area (Å²) in [5.74, 6) is 1.39. The van der Waals surface area contributed by atoms with Crippen LogP contribution in [0.4, 0.5) is 0 Å². The first-order chi connectivity index (χ1) is 14.5. The smallest absolute Gasteiger partial charge is 0.259 e. The number of likely N-dealkylation sites (N-methyl/N-ethyl adjacent to an activating group) is 1. The fourth-order valence-electron chi connectivity index (χ4n) is 4.64. The maximum absolute atomic E-state index is 13.3. The van der Waals surface area contributed by atoms with E-state index in [9.17, 15) is 4.79 Å². The maximum atomic E-state index is 13.3. The van der Waals surface area contributed by atoms with Crippen LogP contribution in [0, 0.1) is 0 Å². The zero-order valence-corrected chi connectivity index (χ0v) is 18.0. The molecule has 162 valence electrons. The molecule has 0 aromatic carbocycles. The molecule has 0 N–H and O–H groups in total. The minimum Gasteiger partial charge on any atom is -0.481 e. The lowest BCUT2D eigenvalue weighted by molar-refractivity contribution is 0.0733. The molecule has 10 heteroatoms. The summed E-state index contributed by atoms with van der Waals surface area (Å²) in [6.45, 7) is 1.10. The highest BCUT2D eigenvalue weighted by Crippen LogP contribution is 2.39. The van der Waals surface area contributed by atoms with E-state index in [0.717, 1.165) is 25.1 Å². The van der Waals surface area contributed by atoms with Crippen molar-refractivity contribution in [3.8, 4) is 11.8 Å². The quantitative estimate of drug-likeness (QED) is 0.700. The van der Waals surface area contributed by atoms with Gasteiger partial charge in [-0.15, -0.1) is 5.10 Å². The van der Waals surface area contributed by atoms with Gasteiger partial charge in [0.1, 0.15) is 11.1 Å². The minimum atomic E-state index is -0.436. The molecule has 1 saturated carbocycles. The van der Waals surface area contributed by atoms with Gasteiger partial charge < -0.3 is 14.4 Å². The fourth-order valence-corrected chi connectivity index (χ4v) is 4.64. The lowest BCUT2D eigenvalue weighted by Gasteiger charge is -2.35. The van der Waals surface area contributed by atoms with Crippen LogP contribution in [-0.4, -0.2) is 82.3 Å². The standard InChI is InChI=1S/C20H29N7O3/c1-25(2)20(19-22-23-24-27(19)14-7-5-6-8-14)11-12-26(13-20)18(28)15-9-10-16(29-3)21-17(15)30-4/h9-10,14H,5-8,11-13H2,1-4H3. The van der Waals surface area contributed by atoms with Crippen molar-refractivity contribution in [2.75, 3.05) is 41.4 Å². The van der Waals surface area contributed by atoms with Crippen LogP contribution < -0.4 is 9.47 Å². The minimum absolute atomic E-state index is 0.120. The molecule has 1 aliphatic heterocycles. The molecule has 4 rings (SSSR count). The van der Waals surface area contributed by atoms with Crippen LogP contribution in [0.5, 0.6) is 11.8 Å². The lowest BCUT2D eigenvalue weighted by atomic mass is 9.95. The second kappa shape index (κ2) is 8.17. The van der Waals surface area contributed by atoms with Gasteiger partial charge in [-0.05, 0) is 49.9 Å². The fraction of sp³-hybridized carbons (Fsp3) is 0.650. The average molecular weight is 415 g/mol. The third kappa shape index (κ3) is 3.38. The van der Waals surface area contributed by atoms with Gasteiger partial charge in [-0.2, -0.15) is 4.98 Å². The highest BCUT2D eigenvalue weighted by molar-refractivity contribution is 5.96. The van der Waals surface area contributed by atoms with Crippen molar-refractivity contribution in [1.82, 2.24) is 35.0 Å². The Morgan fingerprint density at radius 2 is 1.97 bits per heavy atom. The molecule has 1 unspecified atom stereocenters. The number of amides is 1. The summed E-state index contributed by atoms with van der Waals surface area (Å²) in [6.07, 6.45) is 5.35. The van der Waals surface area contributed by atoms with Gasteiger partial charge in [0, 0.05) is 19.2 Å². The Morgan fingerprint density at radius 3 is 2.63 bits per heavy atom.